The summed E-state index contributed by atoms with van der Waals surface area (Å²) in [6, 6.07) is 3.96. The first-order chi connectivity index (χ1) is 12.3. The molecule has 1 amide bonds. The van der Waals surface area contributed by atoms with Crippen molar-refractivity contribution in [2.24, 2.45) is 0 Å². The second kappa shape index (κ2) is 8.94. The van der Waals surface area contributed by atoms with Crippen LogP contribution in [-0.4, -0.2) is 34.7 Å². The lowest BCUT2D eigenvalue weighted by Crippen LogP contribution is -2.30. The highest BCUT2D eigenvalue weighted by atomic mass is 16.5. The molecule has 0 radical (unpaired) electrons. The first-order valence-electron chi connectivity index (χ1n) is 9.16. The maximum atomic E-state index is 12.5. The first-order valence-corrected chi connectivity index (χ1v) is 9.16. The number of carbonyl (C=O) groups is 1. The molecule has 1 heterocycles. The normalized spacial score (nSPS) is 11.3. The van der Waals surface area contributed by atoms with Crippen LogP contribution in [0.5, 0.6) is 0 Å². The number of carbonyl (C=O) groups excluding carboxylic acids is 1. The van der Waals surface area contributed by atoms with Crippen LogP contribution in [-0.2, 0) is 16.1 Å². The smallest absolute Gasteiger partial charge is 0.272 e. The third kappa shape index (κ3) is 5.14. The molecule has 0 atom stereocenters. The van der Waals surface area contributed by atoms with Gasteiger partial charge in [-0.15, -0.1) is 0 Å². The van der Waals surface area contributed by atoms with Crippen LogP contribution < -0.4 is 10.9 Å². The molecule has 6 nitrogen and oxygen atoms in total. The van der Waals surface area contributed by atoms with E-state index in [0.29, 0.717) is 25.4 Å². The molecule has 0 unspecified atom stereocenters. The van der Waals surface area contributed by atoms with Gasteiger partial charge in [0.2, 0.25) is 5.91 Å². The van der Waals surface area contributed by atoms with Crippen molar-refractivity contribution in [3.8, 4) is 0 Å². The molecule has 26 heavy (non-hydrogen) atoms. The molecule has 1 aromatic heterocycles. The Bertz CT molecular complexity index is 840. The van der Waals surface area contributed by atoms with Gasteiger partial charge >= 0.3 is 0 Å². The minimum Gasteiger partial charge on any atom is -0.379 e. The summed E-state index contributed by atoms with van der Waals surface area (Å²) in [6.07, 6.45) is 1.24. The van der Waals surface area contributed by atoms with E-state index >= 15 is 0 Å². The third-order valence-corrected chi connectivity index (χ3v) is 4.38. The maximum absolute atomic E-state index is 12.5. The number of rotatable bonds is 8. The zero-order valence-corrected chi connectivity index (χ0v) is 16.4. The van der Waals surface area contributed by atoms with Crippen molar-refractivity contribution >= 4 is 16.9 Å². The summed E-state index contributed by atoms with van der Waals surface area (Å²) in [5, 5.41) is 2.88. The van der Waals surface area contributed by atoms with Crippen molar-refractivity contribution in [2.75, 3.05) is 13.2 Å². The monoisotopic (exact) mass is 359 g/mol. The van der Waals surface area contributed by atoms with Crippen molar-refractivity contribution in [1.82, 2.24) is 14.9 Å². The number of ether oxygens (including phenoxy) is 1. The Labute approximate surface area is 154 Å². The van der Waals surface area contributed by atoms with Crippen molar-refractivity contribution in [3.05, 3.63) is 39.3 Å². The Morgan fingerprint density at radius 1 is 1.23 bits per heavy atom. The molecule has 0 bridgehead atoms. The van der Waals surface area contributed by atoms with E-state index in [1.807, 2.05) is 39.8 Å². The number of aryl methyl sites for hydroxylation is 4. The molecule has 0 fully saturated rings. The number of fused-ring (bicyclic) bond motifs is 1. The lowest BCUT2D eigenvalue weighted by Gasteiger charge is -2.13. The zero-order valence-electron chi connectivity index (χ0n) is 16.4. The van der Waals surface area contributed by atoms with E-state index in [9.17, 15) is 9.59 Å². The van der Waals surface area contributed by atoms with Crippen LogP contribution in [0.2, 0.25) is 0 Å². The lowest BCUT2D eigenvalue weighted by atomic mass is 10.1. The second-order valence-electron chi connectivity index (χ2n) is 6.95. The fraction of sp³-hybridized carbons (Fsp3) is 0.550. The van der Waals surface area contributed by atoms with Crippen molar-refractivity contribution in [1.29, 1.82) is 0 Å². The number of hydrogen-bond acceptors (Lipinski definition) is 4. The van der Waals surface area contributed by atoms with E-state index in [2.05, 4.69) is 10.3 Å². The minimum atomic E-state index is -0.140. The van der Waals surface area contributed by atoms with Crippen LogP contribution in [0.4, 0.5) is 0 Å². The number of benzene rings is 1. The molecular weight excluding hydrogens is 330 g/mol. The maximum Gasteiger partial charge on any atom is 0.272 e. The van der Waals surface area contributed by atoms with E-state index in [1.165, 1.54) is 0 Å². The van der Waals surface area contributed by atoms with E-state index in [4.69, 9.17) is 4.74 Å². The summed E-state index contributed by atoms with van der Waals surface area (Å²) in [5.41, 5.74) is 4.12. The van der Waals surface area contributed by atoms with E-state index in [-0.39, 0.29) is 24.0 Å². The number of aromatic nitrogens is 2. The molecule has 0 saturated heterocycles. The summed E-state index contributed by atoms with van der Waals surface area (Å²) in [4.78, 5) is 29.0. The molecule has 0 aliphatic rings. The standard InChI is InChI=1S/C20H29N3O3/c1-13(2)26-10-6-8-21-19(24)7-9-23-18-12-15(4)14(3)11-17(18)22-16(5)20(23)25/h11-13H,6-10H2,1-5H3,(H,21,24). The van der Waals surface area contributed by atoms with Crippen LogP contribution in [0.1, 0.15) is 43.5 Å². The lowest BCUT2D eigenvalue weighted by molar-refractivity contribution is -0.121. The molecule has 0 saturated carbocycles. The zero-order chi connectivity index (χ0) is 19.3. The van der Waals surface area contributed by atoms with Crippen molar-refractivity contribution in [3.63, 3.8) is 0 Å². The quantitative estimate of drug-likeness (QED) is 0.736. The van der Waals surface area contributed by atoms with Gasteiger partial charge in [0.25, 0.3) is 5.56 Å². The number of nitrogens with one attached hydrogen (secondary N) is 1. The molecule has 142 valence electrons. The Balaban J connectivity index is 2.04. The number of amides is 1. The van der Waals surface area contributed by atoms with Crippen LogP contribution >= 0.6 is 0 Å². The Kier molecular flexibility index (Phi) is 6.91. The fourth-order valence-electron chi connectivity index (χ4n) is 2.77. The van der Waals surface area contributed by atoms with Crippen molar-refractivity contribution < 1.29 is 9.53 Å². The predicted octanol–water partition coefficient (Wildman–Crippen LogP) is 2.64. The van der Waals surface area contributed by atoms with Gasteiger partial charge in [0, 0.05) is 26.1 Å². The third-order valence-electron chi connectivity index (χ3n) is 4.38. The molecule has 0 spiro atoms. The Morgan fingerprint density at radius 3 is 2.62 bits per heavy atom. The summed E-state index contributed by atoms with van der Waals surface area (Å²) in [7, 11) is 0. The highest BCUT2D eigenvalue weighted by Gasteiger charge is 2.11. The van der Waals surface area contributed by atoms with E-state index < -0.39 is 0 Å². The average molecular weight is 359 g/mol. The number of hydrogen-bond donors (Lipinski definition) is 1. The average Bonchev–Trinajstić information content (AvgIpc) is 2.57. The van der Waals surface area contributed by atoms with E-state index in [1.54, 1.807) is 11.5 Å². The largest absolute Gasteiger partial charge is 0.379 e. The van der Waals surface area contributed by atoms with Gasteiger partial charge in [0.1, 0.15) is 5.69 Å². The van der Waals surface area contributed by atoms with Gasteiger partial charge in [-0.2, -0.15) is 0 Å². The van der Waals surface area contributed by atoms with Gasteiger partial charge in [-0.1, -0.05) is 0 Å². The molecule has 2 rings (SSSR count). The molecule has 1 aromatic carbocycles. The first kappa shape index (κ1) is 20.1. The molecule has 6 heteroatoms. The highest BCUT2D eigenvalue weighted by Crippen LogP contribution is 2.17. The van der Waals surface area contributed by atoms with Gasteiger partial charge < -0.3 is 14.6 Å². The summed E-state index contributed by atoms with van der Waals surface area (Å²) in [6.45, 7) is 11.3. The number of nitrogens with zero attached hydrogens (tertiary/aromatic N) is 2. The topological polar surface area (TPSA) is 73.2 Å². The molecule has 0 aliphatic heterocycles. The summed E-state index contributed by atoms with van der Waals surface area (Å²) < 4.78 is 7.11. The van der Waals surface area contributed by atoms with Gasteiger partial charge in [0.05, 0.1) is 17.1 Å². The van der Waals surface area contributed by atoms with E-state index in [0.717, 1.165) is 28.6 Å². The Hall–Kier alpha value is -2.21. The summed E-state index contributed by atoms with van der Waals surface area (Å²) in [5.74, 6) is -0.0621. The van der Waals surface area contributed by atoms with Crippen LogP contribution in [0.3, 0.4) is 0 Å². The van der Waals surface area contributed by atoms with Crippen LogP contribution in [0.25, 0.3) is 11.0 Å². The SMILES string of the molecule is Cc1cc2nc(C)c(=O)n(CCC(=O)NCCCOC(C)C)c2cc1C. The predicted molar refractivity (Wildman–Crippen MR) is 104 cm³/mol. The molecular formula is C20H29N3O3. The molecule has 0 aliphatic carbocycles. The minimum absolute atomic E-state index is 0.0621. The van der Waals surface area contributed by atoms with Gasteiger partial charge in [-0.25, -0.2) is 4.98 Å². The van der Waals surface area contributed by atoms with Gasteiger partial charge in [-0.05, 0) is 64.3 Å². The molecule has 2 aromatic rings. The second-order valence-corrected chi connectivity index (χ2v) is 6.95. The van der Waals surface area contributed by atoms with Crippen LogP contribution in [0.15, 0.2) is 16.9 Å². The van der Waals surface area contributed by atoms with Crippen molar-refractivity contribution in [2.45, 2.75) is 60.1 Å². The Morgan fingerprint density at radius 2 is 1.92 bits per heavy atom. The highest BCUT2D eigenvalue weighted by molar-refractivity contribution is 5.78. The molecule has 1 N–H and O–H groups in total. The van der Waals surface area contributed by atoms with Crippen LogP contribution in [0, 0.1) is 20.8 Å². The fourth-order valence-corrected chi connectivity index (χ4v) is 2.77. The summed E-state index contributed by atoms with van der Waals surface area (Å²) >= 11 is 0. The van der Waals surface area contributed by atoms with Gasteiger partial charge in [0.15, 0.2) is 0 Å². The van der Waals surface area contributed by atoms with Gasteiger partial charge in [-0.3, -0.25) is 9.59 Å².